The Kier molecular flexibility index (Phi) is 6.36. The number of benzene rings is 1. The molecule has 2 atom stereocenters. The number of para-hydroxylation sites is 1. The predicted octanol–water partition coefficient (Wildman–Crippen LogP) is 2.42. The summed E-state index contributed by atoms with van der Waals surface area (Å²) in [5.74, 6) is 0.429. The summed E-state index contributed by atoms with van der Waals surface area (Å²) >= 11 is 0. The summed E-state index contributed by atoms with van der Waals surface area (Å²) in [5, 5.41) is 12.7. The molecule has 0 spiro atoms. The van der Waals surface area contributed by atoms with Gasteiger partial charge in [0.1, 0.15) is 5.75 Å². The van der Waals surface area contributed by atoms with Crippen LogP contribution in [0.2, 0.25) is 0 Å². The van der Waals surface area contributed by atoms with Gasteiger partial charge >= 0.3 is 0 Å². The summed E-state index contributed by atoms with van der Waals surface area (Å²) in [6.07, 6.45) is 0.360. The Hall–Kier alpha value is -1.55. The van der Waals surface area contributed by atoms with E-state index in [0.717, 1.165) is 12.0 Å². The maximum Gasteiger partial charge on any atom is 0.260 e. The monoisotopic (exact) mass is 265 g/mol. The summed E-state index contributed by atoms with van der Waals surface area (Å²) < 4.78 is 5.66. The van der Waals surface area contributed by atoms with E-state index in [1.807, 2.05) is 32.0 Å². The molecule has 4 nitrogen and oxygen atoms in total. The van der Waals surface area contributed by atoms with Crippen molar-refractivity contribution >= 4 is 5.91 Å². The molecule has 106 valence electrons. The van der Waals surface area contributed by atoms with E-state index < -0.39 is 12.2 Å². The molecule has 1 rings (SSSR count). The van der Waals surface area contributed by atoms with Gasteiger partial charge in [-0.25, -0.2) is 0 Å². The lowest BCUT2D eigenvalue weighted by atomic mass is 10.1. The van der Waals surface area contributed by atoms with E-state index in [0.29, 0.717) is 18.7 Å². The van der Waals surface area contributed by atoms with Crippen molar-refractivity contribution < 1.29 is 14.6 Å². The molecule has 1 aromatic rings. The van der Waals surface area contributed by atoms with Crippen molar-refractivity contribution in [2.45, 2.75) is 45.8 Å². The van der Waals surface area contributed by atoms with Crippen molar-refractivity contribution in [2.75, 3.05) is 6.54 Å². The highest BCUT2D eigenvalue weighted by Gasteiger charge is 2.17. The number of hydrogen-bond acceptors (Lipinski definition) is 3. The fourth-order valence-corrected chi connectivity index (χ4v) is 1.72. The molecular formula is C15H23NO3. The highest BCUT2D eigenvalue weighted by Crippen LogP contribution is 2.27. The van der Waals surface area contributed by atoms with Crippen LogP contribution in [-0.4, -0.2) is 23.7 Å². The Morgan fingerprint density at radius 1 is 1.37 bits per heavy atom. The molecule has 0 aliphatic carbocycles. The van der Waals surface area contributed by atoms with Crippen LogP contribution in [0.5, 0.6) is 5.75 Å². The third-order valence-electron chi connectivity index (χ3n) is 2.89. The van der Waals surface area contributed by atoms with Crippen LogP contribution in [0.25, 0.3) is 0 Å². The number of rotatable bonds is 7. The first-order valence-electron chi connectivity index (χ1n) is 6.81. The van der Waals surface area contributed by atoms with E-state index in [2.05, 4.69) is 5.32 Å². The highest BCUT2D eigenvalue weighted by atomic mass is 16.5. The van der Waals surface area contributed by atoms with Gasteiger partial charge in [-0.15, -0.1) is 0 Å². The van der Waals surface area contributed by atoms with Gasteiger partial charge in [0.05, 0.1) is 6.10 Å². The molecule has 0 aromatic heterocycles. The van der Waals surface area contributed by atoms with Gasteiger partial charge in [0.2, 0.25) is 0 Å². The second-order valence-electron chi connectivity index (χ2n) is 4.51. The average Bonchev–Trinajstić information content (AvgIpc) is 2.44. The molecular weight excluding hydrogens is 242 g/mol. The van der Waals surface area contributed by atoms with Crippen LogP contribution >= 0.6 is 0 Å². The summed E-state index contributed by atoms with van der Waals surface area (Å²) in [5.41, 5.74) is 0.722. The lowest BCUT2D eigenvalue weighted by molar-refractivity contribution is -0.127. The molecule has 1 amide bonds. The molecule has 4 heteroatoms. The van der Waals surface area contributed by atoms with E-state index in [1.165, 1.54) is 0 Å². The zero-order valence-electron chi connectivity index (χ0n) is 11.8. The minimum atomic E-state index is -0.572. The number of nitrogens with one attached hydrogen (secondary N) is 1. The third-order valence-corrected chi connectivity index (χ3v) is 2.89. The third kappa shape index (κ3) is 4.56. The van der Waals surface area contributed by atoms with Crippen molar-refractivity contribution in [3.8, 4) is 5.75 Å². The normalized spacial score (nSPS) is 13.7. The molecule has 0 heterocycles. The number of carbonyl (C=O) groups is 1. The van der Waals surface area contributed by atoms with Crippen molar-refractivity contribution in [2.24, 2.45) is 0 Å². The summed E-state index contributed by atoms with van der Waals surface area (Å²) in [6, 6.07) is 7.28. The maximum atomic E-state index is 11.8. The van der Waals surface area contributed by atoms with Gasteiger partial charge in [0, 0.05) is 12.1 Å². The Balaban J connectivity index is 2.73. The van der Waals surface area contributed by atoms with E-state index >= 15 is 0 Å². The number of aliphatic hydroxyl groups is 1. The van der Waals surface area contributed by atoms with E-state index in [-0.39, 0.29) is 5.91 Å². The predicted molar refractivity (Wildman–Crippen MR) is 75.1 cm³/mol. The van der Waals surface area contributed by atoms with Crippen LogP contribution < -0.4 is 10.1 Å². The second-order valence-corrected chi connectivity index (χ2v) is 4.51. The van der Waals surface area contributed by atoms with Crippen molar-refractivity contribution in [1.82, 2.24) is 5.32 Å². The smallest absolute Gasteiger partial charge is 0.260 e. The van der Waals surface area contributed by atoms with E-state index in [1.54, 1.807) is 13.0 Å². The zero-order valence-corrected chi connectivity index (χ0v) is 11.8. The summed E-state index contributed by atoms with van der Waals surface area (Å²) in [7, 11) is 0. The molecule has 2 unspecified atom stereocenters. The van der Waals surface area contributed by atoms with Crippen molar-refractivity contribution in [1.29, 1.82) is 0 Å². The first-order valence-corrected chi connectivity index (χ1v) is 6.81. The molecule has 0 fully saturated rings. The average molecular weight is 265 g/mol. The second kappa shape index (κ2) is 7.79. The van der Waals surface area contributed by atoms with E-state index in [4.69, 9.17) is 4.74 Å². The van der Waals surface area contributed by atoms with Crippen LogP contribution in [0.3, 0.4) is 0 Å². The van der Waals surface area contributed by atoms with Crippen LogP contribution in [0.4, 0.5) is 0 Å². The Labute approximate surface area is 114 Å². The first-order chi connectivity index (χ1) is 9.10. The molecule has 19 heavy (non-hydrogen) atoms. The molecule has 0 aliphatic heterocycles. The SMILES string of the molecule is CCCNC(=O)C(C)Oc1ccccc1C(O)CC. The minimum Gasteiger partial charge on any atom is -0.481 e. The fourth-order valence-electron chi connectivity index (χ4n) is 1.72. The largest absolute Gasteiger partial charge is 0.481 e. The number of aliphatic hydroxyl groups excluding tert-OH is 1. The topological polar surface area (TPSA) is 58.6 Å². The molecule has 0 saturated heterocycles. The number of hydrogen-bond donors (Lipinski definition) is 2. The summed E-state index contributed by atoms with van der Waals surface area (Å²) in [6.45, 7) is 6.25. The molecule has 0 saturated carbocycles. The molecule has 0 bridgehead atoms. The zero-order chi connectivity index (χ0) is 14.3. The van der Waals surface area contributed by atoms with Crippen LogP contribution in [0, 0.1) is 0 Å². The highest BCUT2D eigenvalue weighted by molar-refractivity contribution is 5.80. The van der Waals surface area contributed by atoms with E-state index in [9.17, 15) is 9.90 Å². The standard InChI is InChI=1S/C15H23NO3/c1-4-10-16-15(18)11(3)19-14-9-7-6-8-12(14)13(17)5-2/h6-9,11,13,17H,4-5,10H2,1-3H3,(H,16,18). The number of ether oxygens (including phenoxy) is 1. The maximum absolute atomic E-state index is 11.8. The summed E-state index contributed by atoms with van der Waals surface area (Å²) in [4.78, 5) is 11.8. The lowest BCUT2D eigenvalue weighted by Crippen LogP contribution is -2.36. The van der Waals surface area contributed by atoms with Gasteiger partial charge in [-0.1, -0.05) is 32.0 Å². The molecule has 0 aliphatic rings. The Morgan fingerprint density at radius 2 is 2.05 bits per heavy atom. The van der Waals surface area contributed by atoms with Crippen molar-refractivity contribution in [3.63, 3.8) is 0 Å². The van der Waals surface area contributed by atoms with Crippen LogP contribution in [0.15, 0.2) is 24.3 Å². The van der Waals surface area contributed by atoms with Gasteiger partial charge < -0.3 is 15.2 Å². The molecule has 0 radical (unpaired) electrons. The van der Waals surface area contributed by atoms with Gasteiger partial charge in [0.25, 0.3) is 5.91 Å². The first kappa shape index (κ1) is 15.5. The number of carbonyl (C=O) groups excluding carboxylic acids is 1. The Morgan fingerprint density at radius 3 is 2.68 bits per heavy atom. The van der Waals surface area contributed by atoms with Crippen molar-refractivity contribution in [3.05, 3.63) is 29.8 Å². The molecule has 1 aromatic carbocycles. The van der Waals surface area contributed by atoms with Gasteiger partial charge in [-0.2, -0.15) is 0 Å². The quantitative estimate of drug-likeness (QED) is 0.796. The Bertz CT molecular complexity index is 406. The van der Waals surface area contributed by atoms with Gasteiger partial charge in [-0.3, -0.25) is 4.79 Å². The van der Waals surface area contributed by atoms with Gasteiger partial charge in [0.15, 0.2) is 6.10 Å². The number of amides is 1. The lowest BCUT2D eigenvalue weighted by Gasteiger charge is -2.19. The van der Waals surface area contributed by atoms with Gasteiger partial charge in [-0.05, 0) is 25.8 Å². The van der Waals surface area contributed by atoms with Crippen LogP contribution in [-0.2, 0) is 4.79 Å². The molecule has 2 N–H and O–H groups in total. The minimum absolute atomic E-state index is 0.136. The van der Waals surface area contributed by atoms with Crippen LogP contribution in [0.1, 0.15) is 45.3 Å². The fraction of sp³-hybridized carbons (Fsp3) is 0.533.